The maximum Gasteiger partial charge on any atom is 0.297 e. The summed E-state index contributed by atoms with van der Waals surface area (Å²) in [6, 6.07) is 4.52. The molecule has 0 unspecified atom stereocenters. The van der Waals surface area contributed by atoms with Crippen LogP contribution in [-0.4, -0.2) is 22.4 Å². The largest absolute Gasteiger partial charge is 0.468 e. The molecule has 0 saturated heterocycles. The van der Waals surface area contributed by atoms with E-state index in [0.717, 1.165) is 23.1 Å². The zero-order valence-electron chi connectivity index (χ0n) is 13.7. The summed E-state index contributed by atoms with van der Waals surface area (Å²) in [5, 5.41) is 0.344. The lowest BCUT2D eigenvalue weighted by Crippen LogP contribution is -2.17. The molecule has 5 heteroatoms. The van der Waals surface area contributed by atoms with Gasteiger partial charge in [-0.15, -0.1) is 0 Å². The summed E-state index contributed by atoms with van der Waals surface area (Å²) in [5.74, 6) is 0.0867. The van der Waals surface area contributed by atoms with E-state index in [1.165, 1.54) is 11.1 Å². The summed E-state index contributed by atoms with van der Waals surface area (Å²) in [6.07, 6.45) is 3.41. The SMILES string of the molecule is COc1nc(Cl)c(/C=C2\CCc3c(C)ccc(C)c3C2=O)n1C. The molecular formula is C18H19ClN2O2. The van der Waals surface area contributed by atoms with E-state index in [4.69, 9.17) is 16.3 Å². The zero-order chi connectivity index (χ0) is 16.7. The van der Waals surface area contributed by atoms with Gasteiger partial charge in [-0.2, -0.15) is 4.98 Å². The Kier molecular flexibility index (Phi) is 4.02. The van der Waals surface area contributed by atoms with E-state index >= 15 is 0 Å². The summed E-state index contributed by atoms with van der Waals surface area (Å²) in [7, 11) is 3.37. The molecule has 1 heterocycles. The number of aryl methyl sites for hydroxylation is 2. The Labute approximate surface area is 140 Å². The van der Waals surface area contributed by atoms with Crippen LogP contribution >= 0.6 is 11.6 Å². The molecule has 120 valence electrons. The Bertz CT molecular complexity index is 834. The molecular weight excluding hydrogens is 312 g/mol. The van der Waals surface area contributed by atoms with Crippen molar-refractivity contribution in [3.05, 3.63) is 50.8 Å². The maximum atomic E-state index is 12.9. The van der Waals surface area contributed by atoms with Gasteiger partial charge in [0.1, 0.15) is 0 Å². The van der Waals surface area contributed by atoms with Crippen molar-refractivity contribution in [3.8, 4) is 6.01 Å². The molecule has 23 heavy (non-hydrogen) atoms. The van der Waals surface area contributed by atoms with Crippen molar-refractivity contribution in [2.75, 3.05) is 7.11 Å². The maximum absolute atomic E-state index is 12.9. The van der Waals surface area contributed by atoms with Gasteiger partial charge in [-0.3, -0.25) is 9.36 Å². The van der Waals surface area contributed by atoms with Crippen LogP contribution in [0.2, 0.25) is 5.15 Å². The lowest BCUT2D eigenvalue weighted by atomic mass is 9.82. The molecule has 0 saturated carbocycles. The molecule has 1 aliphatic rings. The van der Waals surface area contributed by atoms with Gasteiger partial charge in [-0.05, 0) is 49.5 Å². The zero-order valence-corrected chi connectivity index (χ0v) is 14.5. The standard InChI is InChI=1S/C18H19ClN2O2/c1-10-5-6-11(2)15-13(10)8-7-12(16(15)22)9-14-17(19)20-18(23-4)21(14)3/h5-6,9H,7-8H2,1-4H3/b12-9+. The van der Waals surface area contributed by atoms with E-state index in [1.807, 2.05) is 26.1 Å². The van der Waals surface area contributed by atoms with Crippen LogP contribution in [0.3, 0.4) is 0 Å². The molecule has 1 aromatic carbocycles. The van der Waals surface area contributed by atoms with Gasteiger partial charge in [-0.1, -0.05) is 23.7 Å². The van der Waals surface area contributed by atoms with Crippen LogP contribution in [0.15, 0.2) is 17.7 Å². The lowest BCUT2D eigenvalue weighted by Gasteiger charge is -2.21. The highest BCUT2D eigenvalue weighted by molar-refractivity contribution is 6.31. The topological polar surface area (TPSA) is 44.1 Å². The molecule has 0 fully saturated rings. The number of nitrogens with zero attached hydrogens (tertiary/aromatic N) is 2. The molecule has 3 rings (SSSR count). The van der Waals surface area contributed by atoms with Gasteiger partial charge < -0.3 is 4.74 Å². The number of hydrogen-bond donors (Lipinski definition) is 0. The number of benzene rings is 1. The van der Waals surface area contributed by atoms with E-state index < -0.39 is 0 Å². The number of carbonyl (C=O) groups excluding carboxylic acids is 1. The molecule has 0 N–H and O–H groups in total. The van der Waals surface area contributed by atoms with Crippen LogP contribution in [0.1, 0.15) is 39.2 Å². The van der Waals surface area contributed by atoms with Crippen LogP contribution in [0.4, 0.5) is 0 Å². The van der Waals surface area contributed by atoms with Crippen LogP contribution in [0.5, 0.6) is 6.01 Å². The molecule has 1 aliphatic carbocycles. The molecule has 1 aromatic heterocycles. The Morgan fingerprint density at radius 3 is 2.61 bits per heavy atom. The first kappa shape index (κ1) is 15.8. The number of rotatable bonds is 2. The highest BCUT2D eigenvalue weighted by atomic mass is 35.5. The van der Waals surface area contributed by atoms with Crippen molar-refractivity contribution in [2.45, 2.75) is 26.7 Å². The first-order chi connectivity index (χ1) is 10.9. The van der Waals surface area contributed by atoms with E-state index in [1.54, 1.807) is 11.7 Å². The highest BCUT2D eigenvalue weighted by Gasteiger charge is 2.25. The molecule has 0 bridgehead atoms. The number of aromatic nitrogens is 2. The Balaban J connectivity index is 2.08. The third-order valence-electron chi connectivity index (χ3n) is 4.47. The number of ketones is 1. The number of allylic oxidation sites excluding steroid dienone is 1. The fourth-order valence-electron chi connectivity index (χ4n) is 3.14. The normalized spacial score (nSPS) is 15.9. The molecule has 4 nitrogen and oxygen atoms in total. The minimum absolute atomic E-state index is 0.0867. The van der Waals surface area contributed by atoms with E-state index in [9.17, 15) is 4.79 Å². The first-order valence-corrected chi connectivity index (χ1v) is 7.92. The molecule has 0 spiro atoms. The molecule has 0 amide bonds. The number of imidazole rings is 1. The summed E-state index contributed by atoms with van der Waals surface area (Å²) in [5.41, 5.74) is 5.67. The van der Waals surface area contributed by atoms with Crippen molar-refractivity contribution < 1.29 is 9.53 Å². The number of carbonyl (C=O) groups is 1. The fraction of sp³-hybridized carbons (Fsp3) is 0.333. The second-order valence-corrected chi connectivity index (χ2v) is 6.24. The molecule has 0 radical (unpaired) electrons. The first-order valence-electron chi connectivity index (χ1n) is 7.54. The number of methoxy groups -OCH3 is 1. The summed E-state index contributed by atoms with van der Waals surface area (Å²) in [6.45, 7) is 4.04. The van der Waals surface area contributed by atoms with E-state index in [0.29, 0.717) is 23.3 Å². The number of fused-ring (bicyclic) bond motifs is 1. The average molecular weight is 331 g/mol. The summed E-state index contributed by atoms with van der Waals surface area (Å²) in [4.78, 5) is 17.1. The Morgan fingerprint density at radius 1 is 1.26 bits per heavy atom. The van der Waals surface area contributed by atoms with Gasteiger partial charge in [0.15, 0.2) is 10.9 Å². The van der Waals surface area contributed by atoms with Crippen molar-refractivity contribution in [2.24, 2.45) is 7.05 Å². The van der Waals surface area contributed by atoms with Crippen LogP contribution < -0.4 is 4.74 Å². The number of halogens is 1. The predicted octanol–water partition coefficient (Wildman–Crippen LogP) is 3.91. The minimum atomic E-state index is 0.0867. The second kappa shape index (κ2) is 5.85. The molecule has 0 atom stereocenters. The smallest absolute Gasteiger partial charge is 0.297 e. The second-order valence-electron chi connectivity index (χ2n) is 5.89. The Hall–Kier alpha value is -2.07. The van der Waals surface area contributed by atoms with Crippen LogP contribution in [-0.2, 0) is 13.5 Å². The number of hydrogen-bond acceptors (Lipinski definition) is 3. The molecule has 0 aliphatic heterocycles. The lowest BCUT2D eigenvalue weighted by molar-refractivity contribution is 0.102. The van der Waals surface area contributed by atoms with Gasteiger partial charge in [0, 0.05) is 18.2 Å². The van der Waals surface area contributed by atoms with E-state index in [-0.39, 0.29) is 5.78 Å². The van der Waals surface area contributed by atoms with Gasteiger partial charge in [-0.25, -0.2) is 0 Å². The number of Topliss-reactive ketones (excluding diaryl/α,β-unsaturated/α-hetero) is 1. The van der Waals surface area contributed by atoms with Crippen LogP contribution in [0.25, 0.3) is 6.08 Å². The van der Waals surface area contributed by atoms with Gasteiger partial charge in [0.05, 0.1) is 12.8 Å². The van der Waals surface area contributed by atoms with Gasteiger partial charge >= 0.3 is 0 Å². The van der Waals surface area contributed by atoms with Crippen LogP contribution in [0, 0.1) is 13.8 Å². The highest BCUT2D eigenvalue weighted by Crippen LogP contribution is 2.32. The van der Waals surface area contributed by atoms with Gasteiger partial charge in [0.2, 0.25) is 0 Å². The van der Waals surface area contributed by atoms with Crippen molar-refractivity contribution in [3.63, 3.8) is 0 Å². The molecule has 2 aromatic rings. The minimum Gasteiger partial charge on any atom is -0.468 e. The van der Waals surface area contributed by atoms with Crippen molar-refractivity contribution in [1.29, 1.82) is 0 Å². The quantitative estimate of drug-likeness (QED) is 0.784. The summed E-state index contributed by atoms with van der Waals surface area (Å²) < 4.78 is 6.92. The van der Waals surface area contributed by atoms with Crippen molar-refractivity contribution in [1.82, 2.24) is 9.55 Å². The Morgan fingerprint density at radius 2 is 1.96 bits per heavy atom. The third-order valence-corrected chi connectivity index (χ3v) is 4.74. The monoisotopic (exact) mass is 330 g/mol. The van der Waals surface area contributed by atoms with Gasteiger partial charge in [0.25, 0.3) is 6.01 Å². The fourth-order valence-corrected chi connectivity index (χ4v) is 3.39. The van der Waals surface area contributed by atoms with Crippen molar-refractivity contribution >= 4 is 23.5 Å². The summed E-state index contributed by atoms with van der Waals surface area (Å²) >= 11 is 6.18. The van der Waals surface area contributed by atoms with E-state index in [2.05, 4.69) is 18.0 Å². The third kappa shape index (κ3) is 2.57. The average Bonchev–Trinajstić information content (AvgIpc) is 2.80. The predicted molar refractivity (Wildman–Crippen MR) is 91.3 cm³/mol. The number of ether oxygens (including phenoxy) is 1.